The van der Waals surface area contributed by atoms with Crippen LogP contribution in [0.15, 0.2) is 18.2 Å². The molecular weight excluding hydrogens is 210 g/mol. The van der Waals surface area contributed by atoms with Crippen LogP contribution < -0.4 is 10.2 Å². The quantitative estimate of drug-likeness (QED) is 0.862. The number of nitriles is 1. The van der Waals surface area contributed by atoms with E-state index in [4.69, 9.17) is 0 Å². The summed E-state index contributed by atoms with van der Waals surface area (Å²) >= 11 is 0. The maximum Gasteiger partial charge on any atom is 0.101 e. The molecule has 1 fully saturated rings. The molecule has 0 radical (unpaired) electrons. The van der Waals surface area contributed by atoms with E-state index >= 15 is 0 Å². The molecule has 0 aromatic heterocycles. The van der Waals surface area contributed by atoms with Gasteiger partial charge < -0.3 is 10.2 Å². The van der Waals surface area contributed by atoms with E-state index in [2.05, 4.69) is 35.3 Å². The van der Waals surface area contributed by atoms with Crippen molar-refractivity contribution in [3.05, 3.63) is 29.3 Å². The Hall–Kier alpha value is -1.53. The van der Waals surface area contributed by atoms with E-state index < -0.39 is 0 Å². The number of benzene rings is 1. The molecule has 17 heavy (non-hydrogen) atoms. The fourth-order valence-electron chi connectivity index (χ4n) is 2.52. The lowest BCUT2D eigenvalue weighted by atomic mass is 10.1. The van der Waals surface area contributed by atoms with Gasteiger partial charge in [-0.2, -0.15) is 5.26 Å². The fraction of sp³-hybridized carbons (Fsp3) is 0.500. The van der Waals surface area contributed by atoms with Crippen LogP contribution in [0.5, 0.6) is 0 Å². The minimum atomic E-state index is 0.523. The van der Waals surface area contributed by atoms with Gasteiger partial charge in [0.05, 0.1) is 11.3 Å². The van der Waals surface area contributed by atoms with E-state index in [1.165, 1.54) is 0 Å². The summed E-state index contributed by atoms with van der Waals surface area (Å²) in [6.07, 6.45) is 1.16. The standard InChI is InChI=1S/C14H19N3/c1-3-17(13-6-7-16-10-13)14-5-4-11(2)8-12(14)9-15/h4-5,8,13,16H,3,6-7,10H2,1-2H3. The Morgan fingerprint density at radius 2 is 2.35 bits per heavy atom. The zero-order valence-corrected chi connectivity index (χ0v) is 10.5. The second-order valence-corrected chi connectivity index (χ2v) is 4.57. The molecule has 1 aliphatic rings. The van der Waals surface area contributed by atoms with Gasteiger partial charge in [-0.05, 0) is 44.5 Å². The third-order valence-electron chi connectivity index (χ3n) is 3.40. The third kappa shape index (κ3) is 2.42. The Morgan fingerprint density at radius 1 is 1.53 bits per heavy atom. The van der Waals surface area contributed by atoms with Gasteiger partial charge in [0.1, 0.15) is 6.07 Å². The predicted octanol–water partition coefficient (Wildman–Crippen LogP) is 2.05. The van der Waals surface area contributed by atoms with Crippen molar-refractivity contribution < 1.29 is 0 Å². The largest absolute Gasteiger partial charge is 0.366 e. The molecule has 2 rings (SSSR count). The molecule has 1 heterocycles. The number of hydrogen-bond acceptors (Lipinski definition) is 3. The highest BCUT2D eigenvalue weighted by molar-refractivity contribution is 5.61. The molecule has 1 saturated heterocycles. The van der Waals surface area contributed by atoms with Crippen molar-refractivity contribution >= 4 is 5.69 Å². The maximum absolute atomic E-state index is 9.24. The molecule has 0 spiro atoms. The number of rotatable bonds is 3. The van der Waals surface area contributed by atoms with Crippen LogP contribution in [-0.4, -0.2) is 25.7 Å². The van der Waals surface area contributed by atoms with Gasteiger partial charge in [0.2, 0.25) is 0 Å². The van der Waals surface area contributed by atoms with Crippen molar-refractivity contribution in [2.45, 2.75) is 26.3 Å². The van der Waals surface area contributed by atoms with E-state index in [1.54, 1.807) is 0 Å². The lowest BCUT2D eigenvalue weighted by Gasteiger charge is -2.30. The molecule has 0 amide bonds. The summed E-state index contributed by atoms with van der Waals surface area (Å²) in [6, 6.07) is 8.97. The van der Waals surface area contributed by atoms with Crippen LogP contribution in [0.3, 0.4) is 0 Å². The number of aryl methyl sites for hydroxylation is 1. The minimum Gasteiger partial charge on any atom is -0.366 e. The van der Waals surface area contributed by atoms with Crippen LogP contribution in [0.4, 0.5) is 5.69 Å². The molecule has 0 aliphatic carbocycles. The van der Waals surface area contributed by atoms with Crippen LogP contribution in [-0.2, 0) is 0 Å². The first kappa shape index (κ1) is 11.9. The Morgan fingerprint density at radius 3 is 2.94 bits per heavy atom. The van der Waals surface area contributed by atoms with Crippen LogP contribution in [0.25, 0.3) is 0 Å². The molecule has 3 nitrogen and oxygen atoms in total. The van der Waals surface area contributed by atoms with Gasteiger partial charge in [-0.25, -0.2) is 0 Å². The van der Waals surface area contributed by atoms with Crippen molar-refractivity contribution in [2.24, 2.45) is 0 Å². The SMILES string of the molecule is CCN(c1ccc(C)cc1C#N)C1CCNC1. The Kier molecular flexibility index (Phi) is 3.65. The van der Waals surface area contributed by atoms with E-state index in [1.807, 2.05) is 13.0 Å². The molecule has 1 aromatic rings. The van der Waals surface area contributed by atoms with Gasteiger partial charge in [-0.3, -0.25) is 0 Å². The van der Waals surface area contributed by atoms with Crippen LogP contribution in [0.1, 0.15) is 24.5 Å². The number of nitrogens with one attached hydrogen (secondary N) is 1. The molecule has 1 unspecified atom stereocenters. The summed E-state index contributed by atoms with van der Waals surface area (Å²) in [6.45, 7) is 7.23. The fourth-order valence-corrected chi connectivity index (χ4v) is 2.52. The van der Waals surface area contributed by atoms with Crippen LogP contribution in [0, 0.1) is 18.3 Å². The average Bonchev–Trinajstić information content (AvgIpc) is 2.85. The van der Waals surface area contributed by atoms with Crippen LogP contribution in [0.2, 0.25) is 0 Å². The zero-order chi connectivity index (χ0) is 12.3. The lowest BCUT2D eigenvalue weighted by Crippen LogP contribution is -2.37. The molecule has 1 aromatic carbocycles. The van der Waals surface area contributed by atoms with Gasteiger partial charge in [-0.1, -0.05) is 6.07 Å². The first-order chi connectivity index (χ1) is 8.26. The number of nitrogens with zero attached hydrogens (tertiary/aromatic N) is 2. The zero-order valence-electron chi connectivity index (χ0n) is 10.5. The van der Waals surface area contributed by atoms with Crippen molar-refractivity contribution in [2.75, 3.05) is 24.5 Å². The molecule has 0 bridgehead atoms. The van der Waals surface area contributed by atoms with Crippen LogP contribution >= 0.6 is 0 Å². The molecule has 1 atom stereocenters. The average molecular weight is 229 g/mol. The number of likely N-dealkylation sites (N-methyl/N-ethyl adjacent to an activating group) is 1. The first-order valence-electron chi connectivity index (χ1n) is 6.24. The summed E-state index contributed by atoms with van der Waals surface area (Å²) in [4.78, 5) is 2.35. The van der Waals surface area contributed by atoms with E-state index in [0.29, 0.717) is 6.04 Å². The van der Waals surface area contributed by atoms with Gasteiger partial charge in [0, 0.05) is 19.1 Å². The molecule has 1 N–H and O–H groups in total. The van der Waals surface area contributed by atoms with Crippen molar-refractivity contribution in [1.29, 1.82) is 5.26 Å². The van der Waals surface area contributed by atoms with Gasteiger partial charge in [-0.15, -0.1) is 0 Å². The summed E-state index contributed by atoms with van der Waals surface area (Å²) in [5.74, 6) is 0. The Balaban J connectivity index is 2.33. The highest BCUT2D eigenvalue weighted by atomic mass is 15.2. The third-order valence-corrected chi connectivity index (χ3v) is 3.40. The van der Waals surface area contributed by atoms with E-state index in [-0.39, 0.29) is 0 Å². The topological polar surface area (TPSA) is 39.1 Å². The lowest BCUT2D eigenvalue weighted by molar-refractivity contribution is 0.647. The normalized spacial score (nSPS) is 19.0. The maximum atomic E-state index is 9.24. The van der Waals surface area contributed by atoms with E-state index in [0.717, 1.165) is 42.9 Å². The van der Waals surface area contributed by atoms with Crippen molar-refractivity contribution in [3.63, 3.8) is 0 Å². The molecule has 90 valence electrons. The smallest absolute Gasteiger partial charge is 0.101 e. The minimum absolute atomic E-state index is 0.523. The van der Waals surface area contributed by atoms with E-state index in [9.17, 15) is 5.26 Å². The molecule has 0 saturated carbocycles. The van der Waals surface area contributed by atoms with Gasteiger partial charge in [0.25, 0.3) is 0 Å². The monoisotopic (exact) mass is 229 g/mol. The predicted molar refractivity (Wildman–Crippen MR) is 70.2 cm³/mol. The Labute approximate surface area is 103 Å². The summed E-state index contributed by atoms with van der Waals surface area (Å²) in [5.41, 5.74) is 3.01. The summed E-state index contributed by atoms with van der Waals surface area (Å²) in [7, 11) is 0. The molecular formula is C14H19N3. The van der Waals surface area contributed by atoms with Gasteiger partial charge in [0.15, 0.2) is 0 Å². The molecule has 1 aliphatic heterocycles. The Bertz CT molecular complexity index is 428. The second-order valence-electron chi connectivity index (χ2n) is 4.57. The van der Waals surface area contributed by atoms with Crippen molar-refractivity contribution in [3.8, 4) is 6.07 Å². The molecule has 3 heteroatoms. The van der Waals surface area contributed by atoms with Crippen molar-refractivity contribution in [1.82, 2.24) is 5.32 Å². The van der Waals surface area contributed by atoms with Gasteiger partial charge >= 0.3 is 0 Å². The second kappa shape index (κ2) is 5.20. The summed E-state index contributed by atoms with van der Waals surface area (Å²) in [5, 5.41) is 12.6. The number of anilines is 1. The highest BCUT2D eigenvalue weighted by Gasteiger charge is 2.22. The summed E-state index contributed by atoms with van der Waals surface area (Å²) < 4.78 is 0. The first-order valence-corrected chi connectivity index (χ1v) is 6.24. The number of hydrogen-bond donors (Lipinski definition) is 1. The highest BCUT2D eigenvalue weighted by Crippen LogP contribution is 2.25.